The zero-order chi connectivity index (χ0) is 20.1. The number of nitrogens with zero attached hydrogens (tertiary/aromatic N) is 3. The molecular weight excluding hydrogens is 358 g/mol. The highest BCUT2D eigenvalue weighted by molar-refractivity contribution is 5.83. The number of rotatable bonds is 6. The Morgan fingerprint density at radius 2 is 1.48 bits per heavy atom. The normalized spacial score (nSPS) is 20.0. The Kier molecular flexibility index (Phi) is 6.73. The van der Waals surface area contributed by atoms with E-state index >= 15 is 0 Å². The fourth-order valence-electron chi connectivity index (χ4n) is 4.90. The summed E-state index contributed by atoms with van der Waals surface area (Å²) in [5.41, 5.74) is 3.97. The lowest BCUT2D eigenvalue weighted by molar-refractivity contribution is -0.129. The minimum Gasteiger partial charge on any atom is -0.299 e. The Bertz CT molecular complexity index is 791. The molecule has 0 N–H and O–H groups in total. The average Bonchev–Trinajstić information content (AvgIpc) is 2.75. The Morgan fingerprint density at radius 3 is 2.03 bits per heavy atom. The monoisotopic (exact) mass is 391 g/mol. The third-order valence-corrected chi connectivity index (χ3v) is 6.60. The van der Waals surface area contributed by atoms with Crippen molar-refractivity contribution in [3.05, 3.63) is 65.5 Å². The largest absolute Gasteiger partial charge is 0.299 e. The van der Waals surface area contributed by atoms with Crippen LogP contribution >= 0.6 is 0 Å². The molecule has 29 heavy (non-hydrogen) atoms. The molecule has 0 saturated carbocycles. The van der Waals surface area contributed by atoms with E-state index in [1.165, 1.54) is 16.7 Å². The Balaban J connectivity index is 1.21. The van der Waals surface area contributed by atoms with Crippen LogP contribution < -0.4 is 0 Å². The summed E-state index contributed by atoms with van der Waals surface area (Å²) in [6, 6.07) is 12.9. The van der Waals surface area contributed by atoms with Gasteiger partial charge in [0.15, 0.2) is 0 Å². The second kappa shape index (κ2) is 9.64. The van der Waals surface area contributed by atoms with Crippen LogP contribution in [0.2, 0.25) is 0 Å². The molecule has 2 fully saturated rings. The molecule has 2 aliphatic rings. The van der Waals surface area contributed by atoms with Crippen LogP contribution in [0.5, 0.6) is 0 Å². The third kappa shape index (κ3) is 5.52. The third-order valence-electron chi connectivity index (χ3n) is 6.60. The summed E-state index contributed by atoms with van der Waals surface area (Å²) >= 11 is 0. The molecule has 3 heterocycles. The van der Waals surface area contributed by atoms with Gasteiger partial charge < -0.3 is 0 Å². The lowest BCUT2D eigenvalue weighted by Crippen LogP contribution is -2.41. The van der Waals surface area contributed by atoms with Crippen molar-refractivity contribution in [3.63, 3.8) is 0 Å². The quantitative estimate of drug-likeness (QED) is 0.743. The highest BCUT2D eigenvalue weighted by Crippen LogP contribution is 2.28. The number of carbonyl (C=O) groups excluding carboxylic acids is 1. The van der Waals surface area contributed by atoms with Crippen molar-refractivity contribution < 1.29 is 4.79 Å². The van der Waals surface area contributed by atoms with Crippen LogP contribution in [0, 0.1) is 18.8 Å². The van der Waals surface area contributed by atoms with E-state index < -0.39 is 0 Å². The smallest absolute Gasteiger partial charge is 0.139 e. The molecule has 154 valence electrons. The first-order chi connectivity index (χ1) is 14.2. The molecule has 0 atom stereocenters. The second-order valence-electron chi connectivity index (χ2n) is 8.85. The highest BCUT2D eigenvalue weighted by Gasteiger charge is 2.32. The predicted octanol–water partition coefficient (Wildman–Crippen LogP) is 4.08. The number of hydrogen-bond donors (Lipinski definition) is 0. The number of ketones is 1. The first kappa shape index (κ1) is 20.2. The minimum atomic E-state index is 0.272. The molecule has 0 unspecified atom stereocenters. The number of hydrogen-bond acceptors (Lipinski definition) is 4. The van der Waals surface area contributed by atoms with Crippen molar-refractivity contribution >= 4 is 5.78 Å². The summed E-state index contributed by atoms with van der Waals surface area (Å²) in [5, 5.41) is 0. The highest BCUT2D eigenvalue weighted by atomic mass is 16.1. The zero-order valence-electron chi connectivity index (χ0n) is 17.6. The predicted molar refractivity (Wildman–Crippen MR) is 116 cm³/mol. The zero-order valence-corrected chi connectivity index (χ0v) is 17.6. The van der Waals surface area contributed by atoms with Crippen molar-refractivity contribution in [2.24, 2.45) is 11.8 Å². The molecule has 1 aromatic carbocycles. The number of carbonyl (C=O) groups is 1. The van der Waals surface area contributed by atoms with E-state index in [0.29, 0.717) is 5.78 Å². The SMILES string of the molecule is Cc1cccc(CN2CCC(C(=O)C3CCN(Cc4cccnc4)CC3)CC2)c1. The number of aromatic nitrogens is 1. The average molecular weight is 392 g/mol. The van der Waals surface area contributed by atoms with Gasteiger partial charge in [-0.15, -0.1) is 0 Å². The summed E-state index contributed by atoms with van der Waals surface area (Å²) in [7, 11) is 0. The van der Waals surface area contributed by atoms with Gasteiger partial charge in [-0.05, 0) is 76.0 Å². The van der Waals surface area contributed by atoms with Gasteiger partial charge in [0.2, 0.25) is 0 Å². The van der Waals surface area contributed by atoms with E-state index in [9.17, 15) is 4.79 Å². The van der Waals surface area contributed by atoms with Gasteiger partial charge in [0.05, 0.1) is 0 Å². The van der Waals surface area contributed by atoms with Crippen molar-refractivity contribution in [2.45, 2.75) is 45.7 Å². The number of benzene rings is 1. The topological polar surface area (TPSA) is 36.4 Å². The number of Topliss-reactive ketones (excluding diaryl/α,β-unsaturated/α-hetero) is 1. The van der Waals surface area contributed by atoms with Gasteiger partial charge in [0, 0.05) is 37.3 Å². The Labute approximate surface area is 174 Å². The van der Waals surface area contributed by atoms with Crippen molar-refractivity contribution in [1.29, 1.82) is 0 Å². The summed E-state index contributed by atoms with van der Waals surface area (Å²) in [4.78, 5) is 22.3. The van der Waals surface area contributed by atoms with E-state index in [0.717, 1.165) is 65.0 Å². The fourth-order valence-corrected chi connectivity index (χ4v) is 4.90. The Morgan fingerprint density at radius 1 is 0.897 bits per heavy atom. The number of piperidine rings is 2. The van der Waals surface area contributed by atoms with E-state index in [1.807, 2.05) is 18.5 Å². The first-order valence-corrected chi connectivity index (χ1v) is 11.1. The summed E-state index contributed by atoms with van der Waals surface area (Å²) in [6.45, 7) is 8.25. The van der Waals surface area contributed by atoms with Crippen LogP contribution in [0.15, 0.2) is 48.8 Å². The standard InChI is InChI=1S/C25H33N3O/c1-20-4-2-5-21(16-20)18-27-12-7-23(8-13-27)25(29)24-9-14-28(15-10-24)19-22-6-3-11-26-17-22/h2-6,11,16-17,23-24H,7-10,12-15,18-19H2,1H3. The van der Waals surface area contributed by atoms with Crippen molar-refractivity contribution in [1.82, 2.24) is 14.8 Å². The van der Waals surface area contributed by atoms with E-state index in [4.69, 9.17) is 0 Å². The summed E-state index contributed by atoms with van der Waals surface area (Å²) < 4.78 is 0. The van der Waals surface area contributed by atoms with Crippen molar-refractivity contribution in [3.8, 4) is 0 Å². The molecule has 2 aromatic rings. The van der Waals surface area contributed by atoms with Crippen LogP contribution in [0.4, 0.5) is 0 Å². The molecule has 0 spiro atoms. The fraction of sp³-hybridized carbons (Fsp3) is 0.520. The molecule has 4 nitrogen and oxygen atoms in total. The molecule has 0 radical (unpaired) electrons. The molecule has 2 saturated heterocycles. The van der Waals surface area contributed by atoms with Gasteiger partial charge in [-0.25, -0.2) is 0 Å². The summed E-state index contributed by atoms with van der Waals surface area (Å²) in [5.74, 6) is 1.09. The Hall–Kier alpha value is -2.04. The molecular formula is C25H33N3O. The van der Waals surface area contributed by atoms with Crippen LogP contribution in [-0.2, 0) is 17.9 Å². The molecule has 4 rings (SSSR count). The van der Waals surface area contributed by atoms with Crippen LogP contribution in [0.1, 0.15) is 42.4 Å². The summed E-state index contributed by atoms with van der Waals surface area (Å²) in [6.07, 6.45) is 7.86. The van der Waals surface area contributed by atoms with E-state index in [2.05, 4.69) is 52.0 Å². The lowest BCUT2D eigenvalue weighted by atomic mass is 9.81. The van der Waals surface area contributed by atoms with Crippen LogP contribution in [0.25, 0.3) is 0 Å². The second-order valence-corrected chi connectivity index (χ2v) is 8.85. The van der Waals surface area contributed by atoms with Gasteiger partial charge in [-0.2, -0.15) is 0 Å². The first-order valence-electron chi connectivity index (χ1n) is 11.1. The van der Waals surface area contributed by atoms with Gasteiger partial charge >= 0.3 is 0 Å². The lowest BCUT2D eigenvalue weighted by Gasteiger charge is -2.36. The van der Waals surface area contributed by atoms with E-state index in [1.54, 1.807) is 0 Å². The molecule has 0 bridgehead atoms. The van der Waals surface area contributed by atoms with Crippen molar-refractivity contribution in [2.75, 3.05) is 26.2 Å². The minimum absolute atomic E-state index is 0.272. The van der Waals surface area contributed by atoms with Gasteiger partial charge in [0.1, 0.15) is 5.78 Å². The number of likely N-dealkylation sites (tertiary alicyclic amines) is 2. The number of aryl methyl sites for hydroxylation is 1. The van der Waals surface area contributed by atoms with E-state index in [-0.39, 0.29) is 11.8 Å². The molecule has 4 heteroatoms. The molecule has 1 aromatic heterocycles. The number of pyridine rings is 1. The van der Waals surface area contributed by atoms with Gasteiger partial charge in [-0.1, -0.05) is 35.9 Å². The van der Waals surface area contributed by atoms with Crippen LogP contribution in [0.3, 0.4) is 0 Å². The molecule has 2 aliphatic heterocycles. The maximum Gasteiger partial charge on any atom is 0.139 e. The maximum atomic E-state index is 13.1. The van der Waals surface area contributed by atoms with Crippen LogP contribution in [-0.4, -0.2) is 46.7 Å². The van der Waals surface area contributed by atoms with Gasteiger partial charge in [0.25, 0.3) is 0 Å². The maximum absolute atomic E-state index is 13.1. The molecule has 0 aliphatic carbocycles. The van der Waals surface area contributed by atoms with Gasteiger partial charge in [-0.3, -0.25) is 19.6 Å². The molecule has 0 amide bonds.